The third-order valence-corrected chi connectivity index (χ3v) is 7.68. The van der Waals surface area contributed by atoms with Crippen LogP contribution in [0.15, 0.2) is 46.6 Å². The summed E-state index contributed by atoms with van der Waals surface area (Å²) in [6.45, 7) is 2.74. The van der Waals surface area contributed by atoms with E-state index in [1.54, 1.807) is 12.1 Å². The molecule has 1 amide bonds. The van der Waals surface area contributed by atoms with Crippen molar-refractivity contribution < 1.29 is 18.0 Å². The minimum Gasteiger partial charge on any atom is -0.368 e. The number of pyridine rings is 1. The number of anilines is 2. The SMILES string of the molecule is C[C@H]1CN(c2nc(N)nc3c2C(=O)NC3)C1Sc1nn2ccc(C(F)(F)F)c2c(=O)n1-c1ccccn1. The monoisotopic (exact) mass is 529 g/mol. The van der Waals surface area contributed by atoms with Gasteiger partial charge in [0.1, 0.15) is 22.7 Å². The van der Waals surface area contributed by atoms with Crippen molar-refractivity contribution in [2.24, 2.45) is 5.92 Å². The van der Waals surface area contributed by atoms with Gasteiger partial charge in [-0.2, -0.15) is 18.2 Å². The van der Waals surface area contributed by atoms with Crippen molar-refractivity contribution in [3.8, 4) is 5.82 Å². The summed E-state index contributed by atoms with van der Waals surface area (Å²) in [5.74, 6) is 0.253. The molecule has 4 aromatic rings. The number of rotatable bonds is 4. The Hall–Kier alpha value is -4.14. The van der Waals surface area contributed by atoms with Crippen LogP contribution in [0.25, 0.3) is 11.3 Å². The van der Waals surface area contributed by atoms with Crippen LogP contribution in [0.1, 0.15) is 28.5 Å². The number of thioether (sulfide) groups is 1. The minimum atomic E-state index is -4.74. The Kier molecular flexibility index (Phi) is 5.15. The van der Waals surface area contributed by atoms with E-state index < -0.39 is 22.8 Å². The zero-order valence-electron chi connectivity index (χ0n) is 19.1. The lowest BCUT2D eigenvalue weighted by molar-refractivity contribution is -0.136. The molecule has 4 aromatic heterocycles. The molecule has 6 heterocycles. The fraction of sp³-hybridized carbons (Fsp3) is 0.273. The van der Waals surface area contributed by atoms with Gasteiger partial charge in [0.25, 0.3) is 11.5 Å². The maximum Gasteiger partial charge on any atom is 0.418 e. The first kappa shape index (κ1) is 23.3. The summed E-state index contributed by atoms with van der Waals surface area (Å²) in [5.41, 5.74) is 4.13. The number of nitrogens with zero attached hydrogens (tertiary/aromatic N) is 7. The second-order valence-electron chi connectivity index (χ2n) is 8.68. The zero-order valence-corrected chi connectivity index (χ0v) is 19.9. The van der Waals surface area contributed by atoms with Gasteiger partial charge in [0.05, 0.1) is 23.2 Å². The highest BCUT2D eigenvalue weighted by atomic mass is 32.2. The van der Waals surface area contributed by atoms with Gasteiger partial charge >= 0.3 is 6.18 Å². The molecule has 6 rings (SSSR count). The Morgan fingerprint density at radius 3 is 2.70 bits per heavy atom. The fourth-order valence-electron chi connectivity index (χ4n) is 4.54. The van der Waals surface area contributed by atoms with Crippen molar-refractivity contribution in [1.82, 2.24) is 34.4 Å². The van der Waals surface area contributed by atoms with Crippen LogP contribution < -0.4 is 21.5 Å². The number of halogens is 3. The second-order valence-corrected chi connectivity index (χ2v) is 9.76. The molecule has 2 aliphatic rings. The lowest BCUT2D eigenvalue weighted by Gasteiger charge is -2.47. The molecule has 0 bridgehead atoms. The van der Waals surface area contributed by atoms with Gasteiger partial charge in [-0.3, -0.25) is 9.59 Å². The van der Waals surface area contributed by atoms with Gasteiger partial charge < -0.3 is 16.0 Å². The molecule has 2 aliphatic heterocycles. The van der Waals surface area contributed by atoms with Gasteiger partial charge in [0.15, 0.2) is 5.16 Å². The first-order valence-electron chi connectivity index (χ1n) is 11.1. The normalized spacial score (nSPS) is 19.1. The van der Waals surface area contributed by atoms with E-state index in [9.17, 15) is 22.8 Å². The number of nitrogens with one attached hydrogen (secondary N) is 1. The van der Waals surface area contributed by atoms with Crippen molar-refractivity contribution in [3.05, 3.63) is 63.8 Å². The summed E-state index contributed by atoms with van der Waals surface area (Å²) in [6.07, 6.45) is -2.19. The maximum absolute atomic E-state index is 13.6. The van der Waals surface area contributed by atoms with Gasteiger partial charge in [-0.25, -0.2) is 19.1 Å². The first-order valence-corrected chi connectivity index (χ1v) is 12.0. The molecule has 11 nitrogen and oxygen atoms in total. The van der Waals surface area contributed by atoms with Gasteiger partial charge in [-0.05, 0) is 18.2 Å². The Balaban J connectivity index is 1.48. The summed E-state index contributed by atoms with van der Waals surface area (Å²) in [4.78, 5) is 40.5. The molecule has 0 saturated carbocycles. The summed E-state index contributed by atoms with van der Waals surface area (Å²) >= 11 is 1.16. The van der Waals surface area contributed by atoms with E-state index in [2.05, 4.69) is 25.4 Å². The third kappa shape index (κ3) is 3.68. The highest BCUT2D eigenvalue weighted by Crippen LogP contribution is 2.42. The maximum atomic E-state index is 13.6. The van der Waals surface area contributed by atoms with Crippen molar-refractivity contribution in [2.75, 3.05) is 17.2 Å². The van der Waals surface area contributed by atoms with Crippen molar-refractivity contribution in [1.29, 1.82) is 0 Å². The van der Waals surface area contributed by atoms with Gasteiger partial charge in [0, 0.05) is 24.9 Å². The molecule has 0 spiro atoms. The van der Waals surface area contributed by atoms with Crippen LogP contribution in [0.4, 0.5) is 24.9 Å². The van der Waals surface area contributed by atoms with Crippen molar-refractivity contribution in [2.45, 2.75) is 30.2 Å². The van der Waals surface area contributed by atoms with E-state index in [4.69, 9.17) is 5.73 Å². The highest BCUT2D eigenvalue weighted by Gasteiger charge is 2.43. The van der Waals surface area contributed by atoms with Crippen LogP contribution in [0.5, 0.6) is 0 Å². The average molecular weight is 530 g/mol. The smallest absolute Gasteiger partial charge is 0.368 e. The van der Waals surface area contributed by atoms with E-state index in [1.807, 2.05) is 11.8 Å². The van der Waals surface area contributed by atoms with Crippen LogP contribution in [-0.4, -0.2) is 47.0 Å². The van der Waals surface area contributed by atoms with E-state index in [1.165, 1.54) is 12.3 Å². The lowest BCUT2D eigenvalue weighted by atomic mass is 10.0. The Morgan fingerprint density at radius 2 is 2.00 bits per heavy atom. The van der Waals surface area contributed by atoms with Crippen molar-refractivity contribution >= 4 is 35.0 Å². The number of hydrogen-bond acceptors (Lipinski definition) is 9. The molecule has 2 atom stereocenters. The zero-order chi connectivity index (χ0) is 26.1. The predicted molar refractivity (Wildman–Crippen MR) is 127 cm³/mol. The largest absolute Gasteiger partial charge is 0.418 e. The quantitative estimate of drug-likeness (QED) is 0.407. The summed E-state index contributed by atoms with van der Waals surface area (Å²) in [5, 5.41) is 6.86. The van der Waals surface area contributed by atoms with Crippen LogP contribution in [0, 0.1) is 5.92 Å². The number of nitrogen functional groups attached to an aromatic ring is 1. The number of carbonyl (C=O) groups is 1. The van der Waals surface area contributed by atoms with Gasteiger partial charge in [0.2, 0.25) is 5.95 Å². The molecule has 0 aliphatic carbocycles. The van der Waals surface area contributed by atoms with Gasteiger partial charge in [-0.1, -0.05) is 24.8 Å². The number of hydrogen-bond donors (Lipinski definition) is 2. The number of nitrogens with two attached hydrogens (primary N) is 1. The standard InChI is InChI=1S/C22H18F3N9O2S/c1-10-9-32(16-14-12(8-28-17(14)35)29-20(26)30-16)19(10)37-21-31-33-7-5-11(22(23,24)25)15(33)18(36)34(21)13-4-2-3-6-27-13/h2-7,10,19H,8-9H2,1H3,(H,28,35)(H2,26,29,30)/t10-,19?/m0/s1. The number of alkyl halides is 3. The van der Waals surface area contributed by atoms with Crippen LogP contribution in [0.2, 0.25) is 0 Å². The first-order chi connectivity index (χ1) is 17.6. The van der Waals surface area contributed by atoms with Crippen LogP contribution in [0.3, 0.4) is 0 Å². The Morgan fingerprint density at radius 1 is 1.19 bits per heavy atom. The summed E-state index contributed by atoms with van der Waals surface area (Å²) < 4.78 is 42.9. The molecule has 190 valence electrons. The summed E-state index contributed by atoms with van der Waals surface area (Å²) in [6, 6.07) is 5.60. The lowest BCUT2D eigenvalue weighted by Crippen LogP contribution is -2.54. The second kappa shape index (κ2) is 8.19. The van der Waals surface area contributed by atoms with E-state index in [-0.39, 0.29) is 40.7 Å². The average Bonchev–Trinajstić information content (AvgIpc) is 3.45. The van der Waals surface area contributed by atoms with Crippen molar-refractivity contribution in [3.63, 3.8) is 0 Å². The summed E-state index contributed by atoms with van der Waals surface area (Å²) in [7, 11) is 0. The number of carbonyl (C=O) groups excluding carboxylic acids is 1. The third-order valence-electron chi connectivity index (χ3n) is 6.24. The predicted octanol–water partition coefficient (Wildman–Crippen LogP) is 2.09. The van der Waals surface area contributed by atoms with E-state index in [0.717, 1.165) is 33.1 Å². The number of amides is 1. The van der Waals surface area contributed by atoms with E-state index in [0.29, 0.717) is 23.6 Å². The van der Waals surface area contributed by atoms with E-state index >= 15 is 0 Å². The minimum absolute atomic E-state index is 0.0190. The Labute approximate surface area is 210 Å². The molecule has 0 aromatic carbocycles. The topological polar surface area (TPSA) is 136 Å². The molecule has 1 unspecified atom stereocenters. The highest BCUT2D eigenvalue weighted by molar-refractivity contribution is 8.00. The van der Waals surface area contributed by atoms with Crippen LogP contribution in [-0.2, 0) is 12.7 Å². The fourth-order valence-corrected chi connectivity index (χ4v) is 5.81. The molecule has 37 heavy (non-hydrogen) atoms. The van der Waals surface area contributed by atoms with Crippen LogP contribution >= 0.6 is 11.8 Å². The molecule has 0 radical (unpaired) electrons. The molecule has 15 heteroatoms. The number of fused-ring (bicyclic) bond motifs is 2. The molecule has 1 saturated heterocycles. The molecule has 1 fully saturated rings. The number of aromatic nitrogens is 6. The molecule has 3 N–H and O–H groups in total. The Bertz CT molecular complexity index is 1620. The molecular weight excluding hydrogens is 511 g/mol. The molecular formula is C22H18F3N9O2S. The van der Waals surface area contributed by atoms with Gasteiger partial charge in [-0.15, -0.1) is 5.10 Å².